The summed E-state index contributed by atoms with van der Waals surface area (Å²) in [6, 6.07) is 7.48. The molecule has 0 unspecified atom stereocenters. The first-order chi connectivity index (χ1) is 10.8. The highest BCUT2D eigenvalue weighted by molar-refractivity contribution is 7.89. The molecule has 0 fully saturated rings. The van der Waals surface area contributed by atoms with Crippen molar-refractivity contribution in [2.45, 2.75) is 10.9 Å². The van der Waals surface area contributed by atoms with E-state index in [0.717, 1.165) is 11.3 Å². The summed E-state index contributed by atoms with van der Waals surface area (Å²) in [5.41, 5.74) is 0.248. The number of benzene rings is 1. The summed E-state index contributed by atoms with van der Waals surface area (Å²) < 4.78 is 26.7. The van der Waals surface area contributed by atoms with Crippen molar-refractivity contribution in [3.63, 3.8) is 0 Å². The number of sulfonamides is 1. The molecule has 23 heavy (non-hydrogen) atoms. The van der Waals surface area contributed by atoms with Gasteiger partial charge < -0.3 is 15.2 Å². The first-order valence-corrected chi connectivity index (χ1v) is 8.80. The second kappa shape index (κ2) is 6.90. The second-order valence-electron chi connectivity index (χ2n) is 4.51. The third kappa shape index (κ3) is 3.95. The van der Waals surface area contributed by atoms with Crippen molar-refractivity contribution in [1.82, 2.24) is 10.0 Å². The number of hydrogen-bond acceptors (Lipinski definition) is 6. The van der Waals surface area contributed by atoms with Crippen molar-refractivity contribution in [3.8, 4) is 0 Å². The normalized spacial score (nSPS) is 12.6. The third-order valence-corrected chi connectivity index (χ3v) is 5.46. The molecular formula is C14H13N2O5S2-. The van der Waals surface area contributed by atoms with Crippen LogP contribution in [0.1, 0.15) is 21.3 Å². The van der Waals surface area contributed by atoms with Gasteiger partial charge in [-0.25, -0.2) is 8.42 Å². The van der Waals surface area contributed by atoms with Gasteiger partial charge in [0.05, 0.1) is 21.8 Å². The first-order valence-electron chi connectivity index (χ1n) is 6.44. The highest BCUT2D eigenvalue weighted by Gasteiger charge is 2.24. The average Bonchev–Trinajstić information content (AvgIpc) is 3.03. The molecule has 0 aliphatic heterocycles. The number of nitrogens with one attached hydrogen (secondary N) is 2. The minimum Gasteiger partial charge on any atom is -0.548 e. The van der Waals surface area contributed by atoms with Gasteiger partial charge >= 0.3 is 0 Å². The summed E-state index contributed by atoms with van der Waals surface area (Å²) in [6.07, 6.45) is 0. The fraction of sp³-hybridized carbons (Fsp3) is 0.143. The Labute approximate surface area is 137 Å². The molecule has 122 valence electrons. The number of thiophene rings is 1. The Kier molecular flexibility index (Phi) is 5.14. The molecule has 0 saturated heterocycles. The predicted molar refractivity (Wildman–Crippen MR) is 82.2 cm³/mol. The summed E-state index contributed by atoms with van der Waals surface area (Å²) in [5.74, 6) is -1.99. The molecule has 0 aliphatic carbocycles. The SMILES string of the molecule is CNC(=O)c1cc(S(=O)(=O)N[C@H](C(=O)[O-])c2ccccc2)cs1. The van der Waals surface area contributed by atoms with Gasteiger partial charge in [0.1, 0.15) is 0 Å². The van der Waals surface area contributed by atoms with Crippen LogP contribution in [0.25, 0.3) is 0 Å². The van der Waals surface area contributed by atoms with Crippen molar-refractivity contribution >= 4 is 33.2 Å². The van der Waals surface area contributed by atoms with Crippen molar-refractivity contribution in [2.75, 3.05) is 7.05 Å². The molecular weight excluding hydrogens is 340 g/mol. The van der Waals surface area contributed by atoms with E-state index in [1.165, 1.54) is 30.6 Å². The first kappa shape index (κ1) is 17.1. The van der Waals surface area contributed by atoms with Gasteiger partial charge in [0.25, 0.3) is 5.91 Å². The van der Waals surface area contributed by atoms with Crippen LogP contribution in [0, 0.1) is 0 Å². The maximum absolute atomic E-state index is 12.3. The maximum Gasteiger partial charge on any atom is 0.261 e. The number of hydrogen-bond donors (Lipinski definition) is 2. The van der Waals surface area contributed by atoms with Crippen molar-refractivity contribution in [3.05, 3.63) is 52.2 Å². The minimum absolute atomic E-state index is 0.178. The largest absolute Gasteiger partial charge is 0.548 e. The van der Waals surface area contributed by atoms with Crippen LogP contribution in [0.5, 0.6) is 0 Å². The van der Waals surface area contributed by atoms with Crippen LogP contribution in [0.2, 0.25) is 0 Å². The van der Waals surface area contributed by atoms with E-state index in [2.05, 4.69) is 10.0 Å². The van der Waals surface area contributed by atoms with Gasteiger partial charge in [-0.1, -0.05) is 30.3 Å². The molecule has 2 aromatic rings. The lowest BCUT2D eigenvalue weighted by molar-refractivity contribution is -0.308. The van der Waals surface area contributed by atoms with Gasteiger partial charge in [-0.2, -0.15) is 4.72 Å². The van der Waals surface area contributed by atoms with Crippen LogP contribution < -0.4 is 15.1 Å². The zero-order valence-electron chi connectivity index (χ0n) is 12.0. The fourth-order valence-electron chi connectivity index (χ4n) is 1.82. The zero-order chi connectivity index (χ0) is 17.0. The topological polar surface area (TPSA) is 115 Å². The highest BCUT2D eigenvalue weighted by atomic mass is 32.2. The Morgan fingerprint density at radius 1 is 1.22 bits per heavy atom. The number of carbonyl (C=O) groups excluding carboxylic acids is 2. The monoisotopic (exact) mass is 353 g/mol. The number of amides is 1. The molecule has 1 aromatic heterocycles. The minimum atomic E-state index is -4.11. The van der Waals surface area contributed by atoms with E-state index in [-0.39, 0.29) is 15.3 Å². The van der Waals surface area contributed by atoms with Crippen molar-refractivity contribution in [2.24, 2.45) is 0 Å². The average molecular weight is 353 g/mol. The molecule has 0 saturated carbocycles. The molecule has 1 aromatic carbocycles. The van der Waals surface area contributed by atoms with Gasteiger partial charge in [0, 0.05) is 12.4 Å². The van der Waals surface area contributed by atoms with E-state index in [1.807, 2.05) is 0 Å². The van der Waals surface area contributed by atoms with Gasteiger partial charge in [-0.05, 0) is 11.6 Å². The highest BCUT2D eigenvalue weighted by Crippen LogP contribution is 2.22. The van der Waals surface area contributed by atoms with Crippen LogP contribution in [0.15, 0.2) is 46.7 Å². The number of aliphatic carboxylic acids is 1. The number of carboxylic acids is 1. The molecule has 2 N–H and O–H groups in total. The Bertz CT molecular complexity index is 815. The molecule has 1 amide bonds. The Balaban J connectivity index is 2.30. The fourth-order valence-corrected chi connectivity index (χ4v) is 4.22. The van der Waals surface area contributed by atoms with Gasteiger partial charge in [0.15, 0.2) is 0 Å². The van der Waals surface area contributed by atoms with E-state index in [0.29, 0.717) is 0 Å². The zero-order valence-corrected chi connectivity index (χ0v) is 13.6. The van der Waals surface area contributed by atoms with Crippen molar-refractivity contribution < 1.29 is 23.1 Å². The molecule has 0 aliphatic rings. The molecule has 9 heteroatoms. The van der Waals surface area contributed by atoms with E-state index >= 15 is 0 Å². The van der Waals surface area contributed by atoms with E-state index in [1.54, 1.807) is 18.2 Å². The Hall–Kier alpha value is -2.23. The second-order valence-corrected chi connectivity index (χ2v) is 7.14. The standard InChI is InChI=1S/C14H14N2O5S2/c1-15-13(17)11-7-10(8-22-11)23(20,21)16-12(14(18)19)9-5-3-2-4-6-9/h2-8,12,16H,1H3,(H,15,17)(H,18,19)/p-1/t12-/m0/s1. The van der Waals surface area contributed by atoms with Crippen LogP contribution in [-0.4, -0.2) is 27.3 Å². The molecule has 0 bridgehead atoms. The van der Waals surface area contributed by atoms with Gasteiger partial charge in [-0.3, -0.25) is 4.79 Å². The van der Waals surface area contributed by atoms with Gasteiger partial charge in [0.2, 0.25) is 10.0 Å². The number of carbonyl (C=O) groups is 2. The van der Waals surface area contributed by atoms with Crippen LogP contribution >= 0.6 is 11.3 Å². The third-order valence-electron chi connectivity index (χ3n) is 2.98. The van der Waals surface area contributed by atoms with E-state index < -0.39 is 27.9 Å². The summed E-state index contributed by atoms with van der Waals surface area (Å²) >= 11 is 0.946. The van der Waals surface area contributed by atoms with Gasteiger partial charge in [-0.15, -0.1) is 11.3 Å². The Morgan fingerprint density at radius 3 is 2.43 bits per heavy atom. The maximum atomic E-state index is 12.3. The summed E-state index contributed by atoms with van der Waals surface area (Å²) in [4.78, 5) is 22.8. The van der Waals surface area contributed by atoms with E-state index in [4.69, 9.17) is 0 Å². The lowest BCUT2D eigenvalue weighted by Crippen LogP contribution is -2.41. The summed E-state index contributed by atoms with van der Waals surface area (Å²) in [6.45, 7) is 0. The quantitative estimate of drug-likeness (QED) is 0.751. The molecule has 1 heterocycles. The summed E-state index contributed by atoms with van der Waals surface area (Å²) in [7, 11) is -2.69. The summed E-state index contributed by atoms with van der Waals surface area (Å²) in [5, 5.41) is 14.9. The molecule has 1 atom stereocenters. The lowest BCUT2D eigenvalue weighted by Gasteiger charge is -2.19. The number of rotatable bonds is 6. The molecule has 7 nitrogen and oxygen atoms in total. The number of carboxylic acid groups (broad SMARTS) is 1. The van der Waals surface area contributed by atoms with Crippen LogP contribution in [0.4, 0.5) is 0 Å². The smallest absolute Gasteiger partial charge is 0.261 e. The molecule has 0 spiro atoms. The molecule has 0 radical (unpaired) electrons. The lowest BCUT2D eigenvalue weighted by atomic mass is 10.1. The van der Waals surface area contributed by atoms with Crippen LogP contribution in [-0.2, 0) is 14.8 Å². The predicted octanol–water partition coefficient (Wildman–Crippen LogP) is -0.123. The van der Waals surface area contributed by atoms with Crippen LogP contribution in [0.3, 0.4) is 0 Å². The van der Waals surface area contributed by atoms with E-state index in [9.17, 15) is 23.1 Å². The van der Waals surface area contributed by atoms with Crippen molar-refractivity contribution in [1.29, 1.82) is 0 Å². The molecule has 2 rings (SSSR count). The Morgan fingerprint density at radius 2 is 1.87 bits per heavy atom.